The number of benzene rings is 2. The predicted molar refractivity (Wildman–Crippen MR) is 75.6 cm³/mol. The summed E-state index contributed by atoms with van der Waals surface area (Å²) >= 11 is 9.22. The van der Waals surface area contributed by atoms with Gasteiger partial charge in [0.05, 0.1) is 9.50 Å². The Balaban J connectivity index is 2.33. The van der Waals surface area contributed by atoms with Crippen LogP contribution in [0.3, 0.4) is 0 Å². The van der Waals surface area contributed by atoms with E-state index in [1.165, 1.54) is 25.1 Å². The second-order valence-corrected chi connectivity index (χ2v) is 5.14. The SMILES string of the molecule is CC(=O)c1ccc(Oc2cc(F)ccc2Cl)c(Br)c1. The third-order valence-corrected chi connectivity index (χ3v) is 3.38. The molecule has 0 heterocycles. The van der Waals surface area contributed by atoms with Gasteiger partial charge < -0.3 is 4.74 Å². The van der Waals surface area contributed by atoms with Gasteiger partial charge in [0.25, 0.3) is 0 Å². The fourth-order valence-electron chi connectivity index (χ4n) is 1.48. The number of rotatable bonds is 3. The molecule has 2 rings (SSSR count). The van der Waals surface area contributed by atoms with Crippen molar-refractivity contribution in [3.05, 3.63) is 57.3 Å². The standard InChI is InChI=1S/C14H9BrClFO2/c1-8(18)9-2-5-13(11(15)6-9)19-14-7-10(17)3-4-12(14)16/h2-7H,1H3. The van der Waals surface area contributed by atoms with Crippen molar-refractivity contribution in [2.75, 3.05) is 0 Å². The van der Waals surface area contributed by atoms with E-state index in [1.54, 1.807) is 18.2 Å². The van der Waals surface area contributed by atoms with Crippen molar-refractivity contribution < 1.29 is 13.9 Å². The summed E-state index contributed by atoms with van der Waals surface area (Å²) in [5, 5.41) is 0.309. The van der Waals surface area contributed by atoms with E-state index >= 15 is 0 Å². The predicted octanol–water partition coefficient (Wildman–Crippen LogP) is 5.24. The third kappa shape index (κ3) is 3.33. The van der Waals surface area contributed by atoms with E-state index in [4.69, 9.17) is 16.3 Å². The molecule has 19 heavy (non-hydrogen) atoms. The van der Waals surface area contributed by atoms with Crippen molar-refractivity contribution in [3.8, 4) is 11.5 Å². The average molecular weight is 344 g/mol. The Hall–Kier alpha value is -1.39. The molecule has 2 aromatic rings. The van der Waals surface area contributed by atoms with Gasteiger partial charge in [-0.3, -0.25) is 4.79 Å². The van der Waals surface area contributed by atoms with Gasteiger partial charge in [0, 0.05) is 11.6 Å². The molecule has 0 fully saturated rings. The Morgan fingerprint density at radius 1 is 1.21 bits per heavy atom. The van der Waals surface area contributed by atoms with Crippen LogP contribution in [0.25, 0.3) is 0 Å². The molecule has 2 aromatic carbocycles. The minimum absolute atomic E-state index is 0.0453. The average Bonchev–Trinajstić information content (AvgIpc) is 2.36. The van der Waals surface area contributed by atoms with E-state index in [2.05, 4.69) is 15.9 Å². The van der Waals surface area contributed by atoms with Crippen molar-refractivity contribution in [2.45, 2.75) is 6.92 Å². The van der Waals surface area contributed by atoms with E-state index in [0.717, 1.165) is 0 Å². The summed E-state index contributed by atoms with van der Waals surface area (Å²) in [5.41, 5.74) is 0.560. The van der Waals surface area contributed by atoms with Crippen LogP contribution in [0.15, 0.2) is 40.9 Å². The minimum atomic E-state index is -0.434. The second kappa shape index (κ2) is 5.72. The molecule has 98 valence electrons. The molecular weight excluding hydrogens is 335 g/mol. The molecule has 0 saturated carbocycles. The van der Waals surface area contributed by atoms with Crippen LogP contribution in [0.1, 0.15) is 17.3 Å². The van der Waals surface area contributed by atoms with Crippen molar-refractivity contribution in [1.82, 2.24) is 0 Å². The van der Waals surface area contributed by atoms with Crippen LogP contribution in [0.4, 0.5) is 4.39 Å². The highest BCUT2D eigenvalue weighted by atomic mass is 79.9. The molecule has 0 radical (unpaired) electrons. The monoisotopic (exact) mass is 342 g/mol. The molecule has 2 nitrogen and oxygen atoms in total. The lowest BCUT2D eigenvalue weighted by atomic mass is 10.1. The lowest BCUT2D eigenvalue weighted by molar-refractivity contribution is 0.101. The fourth-order valence-corrected chi connectivity index (χ4v) is 2.09. The molecule has 0 aliphatic carbocycles. The summed E-state index contributed by atoms with van der Waals surface area (Å²) in [6, 6.07) is 8.78. The number of carbonyl (C=O) groups is 1. The summed E-state index contributed by atoms with van der Waals surface area (Å²) < 4.78 is 19.2. The summed E-state index contributed by atoms with van der Waals surface area (Å²) in [4.78, 5) is 11.2. The topological polar surface area (TPSA) is 26.3 Å². The first-order valence-corrected chi connectivity index (χ1v) is 6.58. The van der Waals surface area contributed by atoms with Crippen LogP contribution >= 0.6 is 27.5 Å². The van der Waals surface area contributed by atoms with E-state index < -0.39 is 5.82 Å². The first-order valence-electron chi connectivity index (χ1n) is 5.41. The maximum absolute atomic E-state index is 13.1. The molecule has 0 aliphatic heterocycles. The highest BCUT2D eigenvalue weighted by molar-refractivity contribution is 9.10. The van der Waals surface area contributed by atoms with Gasteiger partial charge >= 0.3 is 0 Å². The number of carbonyl (C=O) groups excluding carboxylic acids is 1. The van der Waals surface area contributed by atoms with Crippen molar-refractivity contribution in [3.63, 3.8) is 0 Å². The molecule has 0 amide bonds. The molecule has 0 bridgehead atoms. The lowest BCUT2D eigenvalue weighted by Gasteiger charge is -2.10. The van der Waals surface area contributed by atoms with Gasteiger partial charge in [-0.25, -0.2) is 4.39 Å². The molecule has 0 unspecified atom stereocenters. The molecule has 0 aliphatic rings. The Morgan fingerprint density at radius 3 is 2.58 bits per heavy atom. The normalized spacial score (nSPS) is 10.3. The molecule has 0 N–H and O–H groups in total. The van der Waals surface area contributed by atoms with E-state index in [-0.39, 0.29) is 11.5 Å². The van der Waals surface area contributed by atoms with Crippen molar-refractivity contribution in [2.24, 2.45) is 0 Å². The van der Waals surface area contributed by atoms with Gasteiger partial charge in [-0.05, 0) is 53.2 Å². The summed E-state index contributed by atoms with van der Waals surface area (Å²) in [6.45, 7) is 1.48. The van der Waals surface area contributed by atoms with Crippen LogP contribution in [-0.2, 0) is 0 Å². The number of hydrogen-bond acceptors (Lipinski definition) is 2. The zero-order chi connectivity index (χ0) is 14.0. The van der Waals surface area contributed by atoms with Gasteiger partial charge in [0.2, 0.25) is 0 Å². The Morgan fingerprint density at radius 2 is 1.95 bits per heavy atom. The Labute approximate surface area is 123 Å². The molecule has 0 aromatic heterocycles. The van der Waals surface area contributed by atoms with Gasteiger partial charge in [0.1, 0.15) is 17.3 Å². The van der Waals surface area contributed by atoms with Crippen LogP contribution in [0, 0.1) is 5.82 Å². The first kappa shape index (κ1) is 14.0. The third-order valence-electron chi connectivity index (χ3n) is 2.45. The maximum atomic E-state index is 13.1. The summed E-state index contributed by atoms with van der Waals surface area (Å²) in [6.07, 6.45) is 0. The fraction of sp³-hybridized carbons (Fsp3) is 0.0714. The number of ether oxygens (including phenoxy) is 1. The molecule has 5 heteroatoms. The van der Waals surface area contributed by atoms with Gasteiger partial charge in [-0.2, -0.15) is 0 Å². The van der Waals surface area contributed by atoms with Crippen LogP contribution in [-0.4, -0.2) is 5.78 Å². The van der Waals surface area contributed by atoms with Gasteiger partial charge in [0.15, 0.2) is 5.78 Å². The van der Waals surface area contributed by atoms with E-state index in [1.807, 2.05) is 0 Å². The molecule has 0 saturated heterocycles. The van der Waals surface area contributed by atoms with Gasteiger partial charge in [-0.15, -0.1) is 0 Å². The lowest BCUT2D eigenvalue weighted by Crippen LogP contribution is -1.93. The van der Waals surface area contributed by atoms with E-state index in [0.29, 0.717) is 20.8 Å². The number of hydrogen-bond donors (Lipinski definition) is 0. The maximum Gasteiger partial charge on any atom is 0.159 e. The Bertz CT molecular complexity index is 643. The smallest absolute Gasteiger partial charge is 0.159 e. The zero-order valence-corrected chi connectivity index (χ0v) is 12.3. The Kier molecular flexibility index (Phi) is 4.22. The highest BCUT2D eigenvalue weighted by Crippen LogP contribution is 2.34. The van der Waals surface area contributed by atoms with E-state index in [9.17, 15) is 9.18 Å². The van der Waals surface area contributed by atoms with Crippen LogP contribution in [0.2, 0.25) is 5.02 Å². The molecular formula is C14H9BrClFO2. The van der Waals surface area contributed by atoms with Crippen LogP contribution < -0.4 is 4.74 Å². The quantitative estimate of drug-likeness (QED) is 0.713. The summed E-state index contributed by atoms with van der Waals surface area (Å²) in [7, 11) is 0. The van der Waals surface area contributed by atoms with Crippen LogP contribution in [0.5, 0.6) is 11.5 Å². The highest BCUT2D eigenvalue weighted by Gasteiger charge is 2.09. The second-order valence-electron chi connectivity index (χ2n) is 3.88. The minimum Gasteiger partial charge on any atom is -0.455 e. The molecule has 0 atom stereocenters. The van der Waals surface area contributed by atoms with Crippen molar-refractivity contribution in [1.29, 1.82) is 0 Å². The number of halogens is 3. The largest absolute Gasteiger partial charge is 0.455 e. The zero-order valence-electron chi connectivity index (χ0n) is 9.91. The number of ketones is 1. The first-order chi connectivity index (χ1) is 8.97. The number of Topliss-reactive ketones (excluding diaryl/α,β-unsaturated/α-hetero) is 1. The molecule has 0 spiro atoms. The summed E-state index contributed by atoms with van der Waals surface area (Å²) in [5.74, 6) is 0.197. The van der Waals surface area contributed by atoms with Gasteiger partial charge in [-0.1, -0.05) is 11.6 Å². The van der Waals surface area contributed by atoms with Crippen molar-refractivity contribution >= 4 is 33.3 Å².